The van der Waals surface area contributed by atoms with Crippen LogP contribution in [0.2, 0.25) is 5.02 Å². The van der Waals surface area contributed by atoms with Gasteiger partial charge in [-0.25, -0.2) is 0 Å². The highest BCUT2D eigenvalue weighted by Crippen LogP contribution is 2.34. The Kier molecular flexibility index (Phi) is 4.00. The van der Waals surface area contributed by atoms with Crippen molar-refractivity contribution in [1.29, 1.82) is 0 Å². The largest absolute Gasteiger partial charge is 0.396 e. The molecular weight excluding hydrogens is 282 g/mol. The second kappa shape index (κ2) is 5.92. The molecule has 1 aromatic heterocycles. The van der Waals surface area contributed by atoms with Crippen molar-refractivity contribution in [3.05, 3.63) is 70.9 Å². The lowest BCUT2D eigenvalue weighted by Crippen LogP contribution is -2.03. The van der Waals surface area contributed by atoms with E-state index in [2.05, 4.69) is 42.1 Å². The van der Waals surface area contributed by atoms with Crippen LogP contribution in [-0.2, 0) is 7.05 Å². The first-order chi connectivity index (χ1) is 10.2. The van der Waals surface area contributed by atoms with Gasteiger partial charge in [0.2, 0.25) is 0 Å². The first-order valence-electron chi connectivity index (χ1n) is 7.11. The molecule has 0 bridgehead atoms. The molecule has 0 saturated heterocycles. The number of nitrogens with zero attached hydrogens (tertiary/aromatic N) is 1. The van der Waals surface area contributed by atoms with E-state index in [1.54, 1.807) is 0 Å². The van der Waals surface area contributed by atoms with Gasteiger partial charge in [0.05, 0.1) is 0 Å². The van der Waals surface area contributed by atoms with Gasteiger partial charge in [-0.15, -0.1) is 0 Å². The highest BCUT2D eigenvalue weighted by Gasteiger charge is 2.18. The summed E-state index contributed by atoms with van der Waals surface area (Å²) in [5.41, 5.74) is 3.65. The Labute approximate surface area is 129 Å². The van der Waals surface area contributed by atoms with Gasteiger partial charge < -0.3 is 9.67 Å². The molecule has 21 heavy (non-hydrogen) atoms. The molecule has 0 saturated carbocycles. The van der Waals surface area contributed by atoms with Crippen molar-refractivity contribution in [3.63, 3.8) is 0 Å². The molecule has 0 aliphatic carbocycles. The number of aliphatic hydroxyl groups excluding tert-OH is 1. The average Bonchev–Trinajstić information content (AvgIpc) is 2.84. The molecule has 1 atom stereocenters. The van der Waals surface area contributed by atoms with Crippen LogP contribution in [0.3, 0.4) is 0 Å². The molecule has 108 valence electrons. The number of fused-ring (bicyclic) bond motifs is 1. The summed E-state index contributed by atoms with van der Waals surface area (Å²) in [7, 11) is 2.06. The predicted octanol–water partition coefficient (Wildman–Crippen LogP) is 4.35. The van der Waals surface area contributed by atoms with Crippen molar-refractivity contribution in [3.8, 4) is 0 Å². The molecule has 0 amide bonds. The van der Waals surface area contributed by atoms with Gasteiger partial charge in [-0.05, 0) is 35.7 Å². The second-order valence-corrected chi connectivity index (χ2v) is 5.77. The maximum atomic E-state index is 9.46. The number of hydrogen-bond donors (Lipinski definition) is 1. The molecule has 3 rings (SSSR count). The molecule has 0 unspecified atom stereocenters. The third kappa shape index (κ3) is 2.69. The van der Waals surface area contributed by atoms with Crippen molar-refractivity contribution < 1.29 is 5.11 Å². The van der Waals surface area contributed by atoms with Gasteiger partial charge in [-0.1, -0.05) is 41.9 Å². The highest BCUT2D eigenvalue weighted by molar-refractivity contribution is 6.30. The Bertz CT molecular complexity index is 746. The van der Waals surface area contributed by atoms with Crippen molar-refractivity contribution >= 4 is 22.5 Å². The monoisotopic (exact) mass is 299 g/mol. The number of rotatable bonds is 4. The predicted molar refractivity (Wildman–Crippen MR) is 87.9 cm³/mol. The zero-order chi connectivity index (χ0) is 14.8. The molecule has 1 heterocycles. The zero-order valence-electron chi connectivity index (χ0n) is 12.0. The minimum Gasteiger partial charge on any atom is -0.396 e. The summed E-state index contributed by atoms with van der Waals surface area (Å²) in [5, 5.41) is 11.4. The molecule has 0 spiro atoms. The minimum atomic E-state index is 0.163. The molecule has 1 N–H and O–H groups in total. The van der Waals surface area contributed by atoms with Gasteiger partial charge in [0.15, 0.2) is 0 Å². The van der Waals surface area contributed by atoms with Gasteiger partial charge in [0, 0.05) is 41.7 Å². The molecule has 0 fully saturated rings. The number of para-hydroxylation sites is 1. The summed E-state index contributed by atoms with van der Waals surface area (Å²) in [5.74, 6) is 0.179. The van der Waals surface area contributed by atoms with E-state index in [-0.39, 0.29) is 12.5 Å². The Balaban J connectivity index is 2.13. The molecule has 3 aromatic rings. The van der Waals surface area contributed by atoms with E-state index in [0.29, 0.717) is 6.42 Å². The molecule has 2 aromatic carbocycles. The Morgan fingerprint density at radius 3 is 2.52 bits per heavy atom. The van der Waals surface area contributed by atoms with E-state index in [0.717, 1.165) is 5.02 Å². The fourth-order valence-electron chi connectivity index (χ4n) is 2.98. The van der Waals surface area contributed by atoms with E-state index in [4.69, 9.17) is 11.6 Å². The number of aliphatic hydroxyl groups is 1. The maximum Gasteiger partial charge on any atom is 0.0480 e. The number of halogens is 1. The Morgan fingerprint density at radius 2 is 1.81 bits per heavy atom. The number of benzene rings is 2. The first kappa shape index (κ1) is 14.2. The van der Waals surface area contributed by atoms with Crippen LogP contribution in [0, 0.1) is 0 Å². The van der Waals surface area contributed by atoms with Crippen LogP contribution in [0.4, 0.5) is 0 Å². The van der Waals surface area contributed by atoms with Crippen LogP contribution >= 0.6 is 11.6 Å². The van der Waals surface area contributed by atoms with E-state index >= 15 is 0 Å². The highest BCUT2D eigenvalue weighted by atomic mass is 35.5. The van der Waals surface area contributed by atoms with Gasteiger partial charge >= 0.3 is 0 Å². The van der Waals surface area contributed by atoms with Crippen LogP contribution in [0.15, 0.2) is 54.7 Å². The quantitative estimate of drug-likeness (QED) is 0.761. The van der Waals surface area contributed by atoms with Gasteiger partial charge in [-0.2, -0.15) is 0 Å². The van der Waals surface area contributed by atoms with E-state index in [9.17, 15) is 5.11 Å². The van der Waals surface area contributed by atoms with Gasteiger partial charge in [0.1, 0.15) is 0 Å². The SMILES string of the molecule is Cn1cc([C@@H](CCO)c2ccc(Cl)cc2)c2ccccc21. The summed E-state index contributed by atoms with van der Waals surface area (Å²) >= 11 is 5.99. The number of aryl methyl sites for hydroxylation is 1. The van der Waals surface area contributed by atoms with Crippen LogP contribution in [-0.4, -0.2) is 16.3 Å². The Hall–Kier alpha value is -1.77. The van der Waals surface area contributed by atoms with E-state index in [1.807, 2.05) is 24.3 Å². The first-order valence-corrected chi connectivity index (χ1v) is 7.49. The summed E-state index contributed by atoms with van der Waals surface area (Å²) in [6, 6.07) is 16.3. The van der Waals surface area contributed by atoms with Gasteiger partial charge in [0.25, 0.3) is 0 Å². The maximum absolute atomic E-state index is 9.46. The molecular formula is C18H18ClNO. The molecule has 3 heteroatoms. The van der Waals surface area contributed by atoms with Crippen LogP contribution in [0.1, 0.15) is 23.5 Å². The fraction of sp³-hybridized carbons (Fsp3) is 0.222. The van der Waals surface area contributed by atoms with Crippen molar-refractivity contribution in [2.24, 2.45) is 7.05 Å². The normalized spacial score (nSPS) is 12.7. The van der Waals surface area contributed by atoms with E-state index < -0.39 is 0 Å². The lowest BCUT2D eigenvalue weighted by atomic mass is 9.88. The van der Waals surface area contributed by atoms with Crippen LogP contribution in [0.5, 0.6) is 0 Å². The number of aromatic nitrogens is 1. The van der Waals surface area contributed by atoms with Crippen molar-refractivity contribution in [1.82, 2.24) is 4.57 Å². The molecule has 0 aliphatic rings. The summed E-state index contributed by atoms with van der Waals surface area (Å²) < 4.78 is 2.14. The molecule has 0 aliphatic heterocycles. The lowest BCUT2D eigenvalue weighted by molar-refractivity contribution is 0.282. The zero-order valence-corrected chi connectivity index (χ0v) is 12.7. The third-order valence-electron chi connectivity index (χ3n) is 3.99. The van der Waals surface area contributed by atoms with E-state index in [1.165, 1.54) is 22.0 Å². The number of hydrogen-bond acceptors (Lipinski definition) is 1. The Morgan fingerprint density at radius 1 is 1.10 bits per heavy atom. The lowest BCUT2D eigenvalue weighted by Gasteiger charge is -2.16. The van der Waals surface area contributed by atoms with Crippen molar-refractivity contribution in [2.45, 2.75) is 12.3 Å². The molecule has 2 nitrogen and oxygen atoms in total. The summed E-state index contributed by atoms with van der Waals surface area (Å²) in [6.07, 6.45) is 2.87. The fourth-order valence-corrected chi connectivity index (χ4v) is 3.10. The van der Waals surface area contributed by atoms with Crippen LogP contribution < -0.4 is 0 Å². The molecule has 0 radical (unpaired) electrons. The second-order valence-electron chi connectivity index (χ2n) is 5.33. The van der Waals surface area contributed by atoms with Gasteiger partial charge in [-0.3, -0.25) is 0 Å². The summed E-state index contributed by atoms with van der Waals surface area (Å²) in [6.45, 7) is 0.163. The summed E-state index contributed by atoms with van der Waals surface area (Å²) in [4.78, 5) is 0. The van der Waals surface area contributed by atoms with Crippen molar-refractivity contribution in [2.75, 3.05) is 6.61 Å². The minimum absolute atomic E-state index is 0.163. The van der Waals surface area contributed by atoms with Crippen LogP contribution in [0.25, 0.3) is 10.9 Å². The standard InChI is InChI=1S/C18H18ClNO/c1-20-12-17(16-4-2-3-5-18(16)20)15(10-11-21)13-6-8-14(19)9-7-13/h2-9,12,15,21H,10-11H2,1H3/t15-/m0/s1. The smallest absolute Gasteiger partial charge is 0.0480 e. The third-order valence-corrected chi connectivity index (χ3v) is 4.25. The topological polar surface area (TPSA) is 25.2 Å². The average molecular weight is 300 g/mol.